The molecule has 1 heterocycles. The first-order valence-electron chi connectivity index (χ1n) is 7.03. The van der Waals surface area contributed by atoms with Crippen LogP contribution in [0.15, 0.2) is 0 Å². The molecule has 0 aromatic heterocycles. The van der Waals surface area contributed by atoms with Gasteiger partial charge in [-0.05, 0) is 39.5 Å². The lowest BCUT2D eigenvalue weighted by atomic mass is 9.98. The number of amides is 2. The zero-order chi connectivity index (χ0) is 15.3. The van der Waals surface area contributed by atoms with Crippen LogP contribution >= 0.6 is 0 Å². The van der Waals surface area contributed by atoms with Crippen LogP contribution < -0.4 is 0 Å². The Morgan fingerprint density at radius 3 is 2.25 bits per heavy atom. The van der Waals surface area contributed by atoms with Gasteiger partial charge in [-0.2, -0.15) is 0 Å². The second kappa shape index (κ2) is 6.92. The minimum absolute atomic E-state index is 0.184. The molecule has 1 aliphatic heterocycles. The van der Waals surface area contributed by atoms with Crippen LogP contribution in [0.5, 0.6) is 0 Å². The first-order valence-corrected chi connectivity index (χ1v) is 7.03. The second-order valence-corrected chi connectivity index (χ2v) is 6.32. The van der Waals surface area contributed by atoms with E-state index in [2.05, 4.69) is 0 Å². The van der Waals surface area contributed by atoms with Gasteiger partial charge in [0.25, 0.3) is 0 Å². The van der Waals surface area contributed by atoms with Crippen molar-refractivity contribution in [1.29, 1.82) is 0 Å². The predicted molar refractivity (Wildman–Crippen MR) is 75.7 cm³/mol. The molecule has 116 valence electrons. The molecular formula is C14H26N2O4. The van der Waals surface area contributed by atoms with Gasteiger partial charge in [-0.1, -0.05) is 0 Å². The summed E-state index contributed by atoms with van der Waals surface area (Å²) < 4.78 is 5.14. The topological polar surface area (TPSA) is 70.1 Å². The van der Waals surface area contributed by atoms with E-state index >= 15 is 0 Å². The molecule has 0 saturated carbocycles. The lowest BCUT2D eigenvalue weighted by Gasteiger charge is -2.40. The zero-order valence-corrected chi connectivity index (χ0v) is 12.9. The fraction of sp³-hybridized carbons (Fsp3) is 0.857. The molecule has 1 aliphatic rings. The minimum atomic E-state index is -0.984. The first-order chi connectivity index (χ1) is 9.25. The Hall–Kier alpha value is -1.30. The number of ether oxygens (including phenoxy) is 1. The minimum Gasteiger partial charge on any atom is -0.480 e. The number of methoxy groups -OCH3 is 1. The quantitative estimate of drug-likeness (QED) is 0.853. The summed E-state index contributed by atoms with van der Waals surface area (Å²) >= 11 is 0. The molecule has 0 aromatic rings. The molecule has 6 heteroatoms. The number of carboxylic acid groups (broad SMARTS) is 1. The van der Waals surface area contributed by atoms with Crippen LogP contribution in [0.2, 0.25) is 0 Å². The largest absolute Gasteiger partial charge is 0.480 e. The Bertz CT molecular complexity index is 344. The molecule has 1 rings (SSSR count). The van der Waals surface area contributed by atoms with Gasteiger partial charge < -0.3 is 19.6 Å². The highest BCUT2D eigenvalue weighted by Crippen LogP contribution is 2.21. The van der Waals surface area contributed by atoms with E-state index in [0.29, 0.717) is 19.0 Å². The number of carbonyl (C=O) groups is 2. The van der Waals surface area contributed by atoms with Crippen LogP contribution in [-0.4, -0.2) is 65.8 Å². The Kier molecular flexibility index (Phi) is 5.80. The number of piperidine rings is 1. The SMILES string of the molecule is COCC1CCN(C(=O)N(CC(=O)O)C(C)(C)C)CC1. The molecule has 0 aromatic carbocycles. The number of carbonyl (C=O) groups excluding carboxylic acids is 1. The van der Waals surface area contributed by atoms with E-state index in [1.165, 1.54) is 4.90 Å². The van der Waals surface area contributed by atoms with Crippen molar-refractivity contribution < 1.29 is 19.4 Å². The number of hydrogen-bond donors (Lipinski definition) is 1. The summed E-state index contributed by atoms with van der Waals surface area (Å²) in [5, 5.41) is 8.98. The summed E-state index contributed by atoms with van der Waals surface area (Å²) in [6, 6.07) is -0.184. The third kappa shape index (κ3) is 4.67. The standard InChI is InChI=1S/C14H26N2O4/c1-14(2,3)16(9-12(17)18)13(19)15-7-5-11(6-8-15)10-20-4/h11H,5-10H2,1-4H3,(H,17,18). The van der Waals surface area contributed by atoms with E-state index in [9.17, 15) is 9.59 Å². The molecule has 2 amide bonds. The van der Waals surface area contributed by atoms with E-state index in [-0.39, 0.29) is 12.6 Å². The van der Waals surface area contributed by atoms with Gasteiger partial charge in [-0.25, -0.2) is 4.79 Å². The molecule has 1 N–H and O–H groups in total. The number of likely N-dealkylation sites (tertiary alicyclic amines) is 1. The van der Waals surface area contributed by atoms with Gasteiger partial charge in [-0.3, -0.25) is 4.79 Å². The van der Waals surface area contributed by atoms with Crippen LogP contribution in [0.1, 0.15) is 33.6 Å². The number of rotatable bonds is 4. The average molecular weight is 286 g/mol. The fourth-order valence-electron chi connectivity index (χ4n) is 2.42. The van der Waals surface area contributed by atoms with Gasteiger partial charge in [0.15, 0.2) is 0 Å². The average Bonchev–Trinajstić information content (AvgIpc) is 2.35. The number of nitrogens with zero attached hydrogens (tertiary/aromatic N) is 2. The van der Waals surface area contributed by atoms with Crippen LogP contribution in [0, 0.1) is 5.92 Å². The van der Waals surface area contributed by atoms with E-state index in [1.54, 1.807) is 12.0 Å². The van der Waals surface area contributed by atoms with Gasteiger partial charge in [-0.15, -0.1) is 0 Å². The third-order valence-electron chi connectivity index (χ3n) is 3.62. The smallest absolute Gasteiger partial charge is 0.323 e. The lowest BCUT2D eigenvalue weighted by Crippen LogP contribution is -2.55. The molecule has 0 radical (unpaired) electrons. The van der Waals surface area contributed by atoms with Crippen molar-refractivity contribution in [3.05, 3.63) is 0 Å². The maximum atomic E-state index is 12.5. The number of urea groups is 1. The van der Waals surface area contributed by atoms with Crippen molar-refractivity contribution in [1.82, 2.24) is 9.80 Å². The van der Waals surface area contributed by atoms with Crippen LogP contribution in [0.25, 0.3) is 0 Å². The summed E-state index contributed by atoms with van der Waals surface area (Å²) in [6.45, 7) is 7.35. The molecule has 0 atom stereocenters. The summed E-state index contributed by atoms with van der Waals surface area (Å²) in [7, 11) is 1.69. The van der Waals surface area contributed by atoms with Gasteiger partial charge in [0, 0.05) is 32.3 Å². The molecule has 0 spiro atoms. The van der Waals surface area contributed by atoms with Gasteiger partial charge >= 0.3 is 12.0 Å². The molecule has 1 saturated heterocycles. The Morgan fingerprint density at radius 1 is 1.30 bits per heavy atom. The summed E-state index contributed by atoms with van der Waals surface area (Å²) in [5.41, 5.74) is -0.501. The van der Waals surface area contributed by atoms with E-state index in [4.69, 9.17) is 9.84 Å². The van der Waals surface area contributed by atoms with Crippen molar-refractivity contribution in [2.75, 3.05) is 33.4 Å². The van der Waals surface area contributed by atoms with Crippen molar-refractivity contribution >= 4 is 12.0 Å². The monoisotopic (exact) mass is 286 g/mol. The molecule has 20 heavy (non-hydrogen) atoms. The van der Waals surface area contributed by atoms with Crippen LogP contribution in [0.3, 0.4) is 0 Å². The predicted octanol–water partition coefficient (Wildman–Crippen LogP) is 1.65. The van der Waals surface area contributed by atoms with Gasteiger partial charge in [0.05, 0.1) is 0 Å². The van der Waals surface area contributed by atoms with Crippen LogP contribution in [-0.2, 0) is 9.53 Å². The Labute approximate surface area is 120 Å². The van der Waals surface area contributed by atoms with E-state index < -0.39 is 11.5 Å². The molecule has 6 nitrogen and oxygen atoms in total. The first kappa shape index (κ1) is 16.8. The molecule has 0 unspecified atom stereocenters. The van der Waals surface area contributed by atoms with Gasteiger partial charge in [0.1, 0.15) is 6.54 Å². The molecule has 0 aliphatic carbocycles. The summed E-state index contributed by atoms with van der Waals surface area (Å²) in [4.78, 5) is 26.6. The number of aliphatic carboxylic acids is 1. The van der Waals surface area contributed by atoms with Gasteiger partial charge in [0.2, 0.25) is 0 Å². The summed E-state index contributed by atoms with van der Waals surface area (Å²) in [6.07, 6.45) is 1.81. The van der Waals surface area contributed by atoms with E-state index in [1.807, 2.05) is 20.8 Å². The van der Waals surface area contributed by atoms with Crippen LogP contribution in [0.4, 0.5) is 4.79 Å². The Balaban J connectivity index is 2.65. The molecule has 1 fully saturated rings. The van der Waals surface area contributed by atoms with Crippen molar-refractivity contribution in [2.45, 2.75) is 39.2 Å². The third-order valence-corrected chi connectivity index (χ3v) is 3.62. The highest BCUT2D eigenvalue weighted by atomic mass is 16.5. The second-order valence-electron chi connectivity index (χ2n) is 6.32. The maximum absolute atomic E-state index is 12.5. The maximum Gasteiger partial charge on any atom is 0.323 e. The highest BCUT2D eigenvalue weighted by molar-refractivity contribution is 5.81. The number of hydrogen-bond acceptors (Lipinski definition) is 3. The highest BCUT2D eigenvalue weighted by Gasteiger charge is 2.33. The summed E-state index contributed by atoms with van der Waals surface area (Å²) in [5.74, 6) is -0.492. The zero-order valence-electron chi connectivity index (χ0n) is 12.9. The van der Waals surface area contributed by atoms with Crippen molar-refractivity contribution in [3.63, 3.8) is 0 Å². The normalized spacial score (nSPS) is 17.1. The number of carboxylic acids is 1. The fourth-order valence-corrected chi connectivity index (χ4v) is 2.42. The van der Waals surface area contributed by atoms with Crippen molar-refractivity contribution in [3.8, 4) is 0 Å². The lowest BCUT2D eigenvalue weighted by molar-refractivity contribution is -0.138. The van der Waals surface area contributed by atoms with Crippen molar-refractivity contribution in [2.24, 2.45) is 5.92 Å². The Morgan fingerprint density at radius 2 is 1.85 bits per heavy atom. The molecular weight excluding hydrogens is 260 g/mol. The van der Waals surface area contributed by atoms with E-state index in [0.717, 1.165) is 19.4 Å². The molecule has 0 bridgehead atoms.